The Morgan fingerprint density at radius 1 is 0.969 bits per heavy atom. The monoisotopic (exact) mass is 443 g/mol. The molecule has 3 aromatic carbocycles. The number of para-hydroxylation sites is 1. The summed E-state index contributed by atoms with van der Waals surface area (Å²) in [5.41, 5.74) is 3.63. The molecular weight excluding hydrogens is 423 g/mol. The van der Waals surface area contributed by atoms with Crippen LogP contribution >= 0.6 is 0 Å². The zero-order valence-electron chi connectivity index (χ0n) is 17.0. The third-order valence-corrected chi connectivity index (χ3v) is 4.20. The van der Waals surface area contributed by atoms with Crippen LogP contribution in [0.2, 0.25) is 0 Å². The van der Waals surface area contributed by atoms with Crippen LogP contribution in [0.5, 0.6) is 11.5 Å². The van der Waals surface area contributed by atoms with E-state index in [9.17, 15) is 18.0 Å². The van der Waals surface area contributed by atoms with Crippen LogP contribution in [0.1, 0.15) is 11.1 Å². The van der Waals surface area contributed by atoms with E-state index in [-0.39, 0.29) is 5.69 Å². The van der Waals surface area contributed by atoms with Crippen molar-refractivity contribution in [3.05, 3.63) is 83.9 Å². The van der Waals surface area contributed by atoms with Crippen molar-refractivity contribution in [2.24, 2.45) is 5.10 Å². The van der Waals surface area contributed by atoms with Crippen LogP contribution < -0.4 is 20.2 Å². The second kappa shape index (κ2) is 10.3. The summed E-state index contributed by atoms with van der Waals surface area (Å²) in [4.78, 5) is 12.1. The molecule has 3 aromatic rings. The van der Waals surface area contributed by atoms with Gasteiger partial charge in [0.25, 0.3) is 5.91 Å². The number of nitrogens with one attached hydrogen (secondary N) is 2. The number of rotatable bonds is 8. The van der Waals surface area contributed by atoms with Crippen LogP contribution in [-0.4, -0.2) is 25.8 Å². The number of methoxy groups -OCH3 is 1. The van der Waals surface area contributed by atoms with Gasteiger partial charge in [-0.05, 0) is 54.1 Å². The average Bonchev–Trinajstić information content (AvgIpc) is 2.78. The Bertz CT molecular complexity index is 1090. The molecule has 0 aliphatic carbocycles. The van der Waals surface area contributed by atoms with Crippen LogP contribution in [0.15, 0.2) is 77.9 Å². The summed E-state index contributed by atoms with van der Waals surface area (Å²) in [6.07, 6.45) is -2.90. The molecule has 0 saturated carbocycles. The van der Waals surface area contributed by atoms with Gasteiger partial charge in [-0.1, -0.05) is 24.3 Å². The molecule has 0 aromatic heterocycles. The highest BCUT2D eigenvalue weighted by Gasteiger charge is 2.30. The molecule has 0 bridgehead atoms. The van der Waals surface area contributed by atoms with Gasteiger partial charge in [0.15, 0.2) is 18.1 Å². The van der Waals surface area contributed by atoms with Crippen molar-refractivity contribution < 1.29 is 27.4 Å². The second-order valence-corrected chi connectivity index (χ2v) is 6.56. The number of hydrazone groups is 1. The SMILES string of the molecule is COc1cc(C=NNc2ccccc2)ccc1OCC(=O)Nc1cccc(C(F)(F)F)c1. The van der Waals surface area contributed by atoms with E-state index < -0.39 is 24.3 Å². The molecule has 2 N–H and O–H groups in total. The maximum atomic E-state index is 12.8. The van der Waals surface area contributed by atoms with Gasteiger partial charge in [-0.25, -0.2) is 0 Å². The van der Waals surface area contributed by atoms with Crippen LogP contribution in [0, 0.1) is 0 Å². The molecule has 0 saturated heterocycles. The number of ether oxygens (including phenoxy) is 2. The number of nitrogens with zero attached hydrogens (tertiary/aromatic N) is 1. The Hall–Kier alpha value is -4.01. The van der Waals surface area contributed by atoms with E-state index in [2.05, 4.69) is 15.8 Å². The van der Waals surface area contributed by atoms with Crippen LogP contribution in [0.4, 0.5) is 24.5 Å². The first-order valence-electron chi connectivity index (χ1n) is 9.47. The third-order valence-electron chi connectivity index (χ3n) is 4.20. The Morgan fingerprint density at radius 3 is 2.44 bits per heavy atom. The van der Waals surface area contributed by atoms with Crippen LogP contribution in [0.3, 0.4) is 0 Å². The van der Waals surface area contributed by atoms with E-state index in [1.54, 1.807) is 24.4 Å². The number of carbonyl (C=O) groups excluding carboxylic acids is 1. The van der Waals surface area contributed by atoms with Gasteiger partial charge < -0.3 is 14.8 Å². The first-order chi connectivity index (χ1) is 15.3. The highest BCUT2D eigenvalue weighted by atomic mass is 19.4. The van der Waals surface area contributed by atoms with Gasteiger partial charge in [0.05, 0.1) is 24.6 Å². The fourth-order valence-electron chi connectivity index (χ4n) is 2.69. The lowest BCUT2D eigenvalue weighted by Crippen LogP contribution is -2.20. The summed E-state index contributed by atoms with van der Waals surface area (Å²) < 4.78 is 49.1. The normalized spacial score (nSPS) is 11.2. The highest BCUT2D eigenvalue weighted by molar-refractivity contribution is 5.92. The van der Waals surface area contributed by atoms with Gasteiger partial charge in [0.2, 0.25) is 0 Å². The summed E-state index contributed by atoms with van der Waals surface area (Å²) in [5.74, 6) is 0.0736. The Balaban J connectivity index is 1.58. The summed E-state index contributed by atoms with van der Waals surface area (Å²) in [6, 6.07) is 18.8. The predicted molar refractivity (Wildman–Crippen MR) is 116 cm³/mol. The number of amides is 1. The van der Waals surface area contributed by atoms with E-state index in [0.717, 1.165) is 23.4 Å². The van der Waals surface area contributed by atoms with Crippen molar-refractivity contribution in [3.8, 4) is 11.5 Å². The zero-order chi connectivity index (χ0) is 23.0. The molecule has 9 heteroatoms. The maximum Gasteiger partial charge on any atom is 0.416 e. The summed E-state index contributed by atoms with van der Waals surface area (Å²) in [7, 11) is 1.45. The number of halogens is 3. The van der Waals surface area contributed by atoms with Gasteiger partial charge in [0, 0.05) is 5.69 Å². The smallest absolute Gasteiger partial charge is 0.416 e. The quantitative estimate of drug-likeness (QED) is 0.372. The molecule has 3 rings (SSSR count). The molecule has 0 aliphatic rings. The fourth-order valence-corrected chi connectivity index (χ4v) is 2.69. The van der Waals surface area contributed by atoms with E-state index in [1.165, 1.54) is 19.2 Å². The zero-order valence-corrected chi connectivity index (χ0v) is 17.0. The van der Waals surface area contributed by atoms with E-state index >= 15 is 0 Å². The summed E-state index contributed by atoms with van der Waals surface area (Å²) in [5, 5.41) is 6.53. The molecule has 0 fully saturated rings. The van der Waals surface area contributed by atoms with Crippen molar-refractivity contribution in [1.82, 2.24) is 0 Å². The first kappa shape index (κ1) is 22.7. The largest absolute Gasteiger partial charge is 0.493 e. The number of carbonyl (C=O) groups is 1. The van der Waals surface area contributed by atoms with Crippen LogP contribution in [-0.2, 0) is 11.0 Å². The van der Waals surface area contributed by atoms with Crippen molar-refractivity contribution in [2.45, 2.75) is 6.18 Å². The molecule has 166 valence electrons. The average molecular weight is 443 g/mol. The Kier molecular flexibility index (Phi) is 7.33. The molecule has 0 atom stereocenters. The molecule has 0 spiro atoms. The topological polar surface area (TPSA) is 71.9 Å². The van der Waals surface area contributed by atoms with Gasteiger partial charge in [-0.2, -0.15) is 18.3 Å². The molecule has 6 nitrogen and oxygen atoms in total. The summed E-state index contributed by atoms with van der Waals surface area (Å²) >= 11 is 0. The minimum absolute atomic E-state index is 0.0258. The lowest BCUT2D eigenvalue weighted by Gasteiger charge is -2.12. The molecule has 0 radical (unpaired) electrons. The number of hydrogen-bond acceptors (Lipinski definition) is 5. The summed E-state index contributed by atoms with van der Waals surface area (Å²) in [6.45, 7) is -0.407. The molecular formula is C23H20F3N3O3. The van der Waals surface area contributed by atoms with Crippen molar-refractivity contribution in [3.63, 3.8) is 0 Å². The van der Waals surface area contributed by atoms with E-state index in [0.29, 0.717) is 11.5 Å². The molecule has 32 heavy (non-hydrogen) atoms. The third kappa shape index (κ3) is 6.49. The predicted octanol–water partition coefficient (Wildman–Crippen LogP) is 5.18. The van der Waals surface area contributed by atoms with Crippen molar-refractivity contribution in [1.29, 1.82) is 0 Å². The number of alkyl halides is 3. The van der Waals surface area contributed by atoms with Gasteiger partial charge in [0.1, 0.15) is 0 Å². The van der Waals surface area contributed by atoms with Gasteiger partial charge in [-0.15, -0.1) is 0 Å². The van der Waals surface area contributed by atoms with E-state index in [1.807, 2.05) is 30.3 Å². The highest BCUT2D eigenvalue weighted by Crippen LogP contribution is 2.31. The molecule has 0 heterocycles. The Labute approximate surface area is 182 Å². The van der Waals surface area contributed by atoms with E-state index in [4.69, 9.17) is 9.47 Å². The number of anilines is 2. The first-order valence-corrected chi connectivity index (χ1v) is 9.47. The number of benzene rings is 3. The standard InChI is InChI=1S/C23H20F3N3O3/c1-31-21-12-16(14-27-29-18-7-3-2-4-8-18)10-11-20(21)32-15-22(30)28-19-9-5-6-17(13-19)23(24,25)26/h2-14,29H,15H2,1H3,(H,28,30). The number of hydrogen-bond donors (Lipinski definition) is 2. The van der Waals surface area contributed by atoms with Gasteiger partial charge >= 0.3 is 6.18 Å². The lowest BCUT2D eigenvalue weighted by atomic mass is 10.2. The second-order valence-electron chi connectivity index (χ2n) is 6.56. The minimum Gasteiger partial charge on any atom is -0.493 e. The lowest BCUT2D eigenvalue weighted by molar-refractivity contribution is -0.137. The van der Waals surface area contributed by atoms with Crippen molar-refractivity contribution >= 4 is 23.5 Å². The fraction of sp³-hybridized carbons (Fsp3) is 0.130. The van der Waals surface area contributed by atoms with Gasteiger partial charge in [-0.3, -0.25) is 10.2 Å². The Morgan fingerprint density at radius 2 is 1.72 bits per heavy atom. The molecule has 0 unspecified atom stereocenters. The minimum atomic E-state index is -4.49. The molecule has 0 aliphatic heterocycles. The van der Waals surface area contributed by atoms with Crippen molar-refractivity contribution in [2.75, 3.05) is 24.5 Å². The molecule has 1 amide bonds. The maximum absolute atomic E-state index is 12.8. The van der Waals surface area contributed by atoms with Crippen LogP contribution in [0.25, 0.3) is 0 Å².